The normalized spacial score (nSPS) is 51.9. The fraction of sp³-hybridized carbons (Fsp3) is 0.792. The predicted molar refractivity (Wildman–Crippen MR) is 105 cm³/mol. The number of aliphatic hydroxyl groups is 2. The summed E-state index contributed by atoms with van der Waals surface area (Å²) in [6.45, 7) is 4.72. The van der Waals surface area contributed by atoms with Gasteiger partial charge in [0, 0.05) is 11.8 Å². The average molecular weight is 371 g/mol. The Hall–Kier alpha value is -0.930. The maximum atomic E-state index is 13.3. The maximum Gasteiger partial charge on any atom is 0.159 e. The maximum absolute atomic E-state index is 13.3. The molecule has 0 aromatic carbocycles. The van der Waals surface area contributed by atoms with Gasteiger partial charge in [0.15, 0.2) is 5.78 Å². The highest BCUT2D eigenvalue weighted by Gasteiger charge is 2.63. The highest BCUT2D eigenvalue weighted by Crippen LogP contribution is 2.66. The van der Waals surface area contributed by atoms with Gasteiger partial charge >= 0.3 is 0 Å². The number of hydrogen-bond acceptors (Lipinski definition) is 3. The summed E-state index contributed by atoms with van der Waals surface area (Å²) in [5, 5.41) is 21.2. The lowest BCUT2D eigenvalue weighted by Crippen LogP contribution is -2.53. The smallest absolute Gasteiger partial charge is 0.159 e. The Morgan fingerprint density at radius 3 is 2.67 bits per heavy atom. The van der Waals surface area contributed by atoms with E-state index in [9.17, 15) is 15.0 Å². The third kappa shape index (κ3) is 2.43. The Balaban J connectivity index is 1.53. The molecule has 0 saturated heterocycles. The highest BCUT2D eigenvalue weighted by atomic mass is 16.3. The molecular weight excluding hydrogens is 336 g/mol. The summed E-state index contributed by atoms with van der Waals surface area (Å²) in [6, 6.07) is 0. The quantitative estimate of drug-likeness (QED) is 0.681. The van der Waals surface area contributed by atoms with Crippen LogP contribution in [0.15, 0.2) is 23.3 Å². The number of fused-ring (bicyclic) bond motifs is 5. The van der Waals surface area contributed by atoms with Gasteiger partial charge in [-0.1, -0.05) is 31.1 Å². The van der Waals surface area contributed by atoms with Crippen LogP contribution >= 0.6 is 0 Å². The lowest BCUT2D eigenvalue weighted by molar-refractivity contribution is -0.134. The number of ketones is 1. The molecule has 148 valence electrons. The Bertz CT molecular complexity index is 721. The molecule has 27 heavy (non-hydrogen) atoms. The number of hydrogen-bond donors (Lipinski definition) is 2. The van der Waals surface area contributed by atoms with Crippen LogP contribution in [0.5, 0.6) is 0 Å². The van der Waals surface area contributed by atoms with Crippen molar-refractivity contribution in [1.29, 1.82) is 0 Å². The minimum absolute atomic E-state index is 0.0578. The van der Waals surface area contributed by atoms with Crippen molar-refractivity contribution in [2.24, 2.45) is 34.5 Å². The van der Waals surface area contributed by atoms with Crippen LogP contribution in [0.1, 0.15) is 71.6 Å². The molecule has 0 aliphatic heterocycles. The van der Waals surface area contributed by atoms with E-state index >= 15 is 0 Å². The summed E-state index contributed by atoms with van der Waals surface area (Å²) >= 11 is 0. The van der Waals surface area contributed by atoms with Crippen molar-refractivity contribution in [2.75, 3.05) is 0 Å². The minimum atomic E-state index is -0.290. The summed E-state index contributed by atoms with van der Waals surface area (Å²) in [7, 11) is 0. The molecule has 0 aromatic rings. The van der Waals surface area contributed by atoms with Gasteiger partial charge in [0.1, 0.15) is 0 Å². The average Bonchev–Trinajstić information content (AvgIpc) is 3.21. The lowest BCUT2D eigenvalue weighted by atomic mass is 9.47. The fourth-order valence-electron chi connectivity index (χ4n) is 8.05. The van der Waals surface area contributed by atoms with E-state index in [1.54, 1.807) is 0 Å². The van der Waals surface area contributed by atoms with Crippen LogP contribution in [-0.2, 0) is 4.79 Å². The number of carbonyl (C=O) groups excluding carboxylic acids is 1. The number of allylic oxidation sites excluding steroid dienone is 2. The van der Waals surface area contributed by atoms with Crippen LogP contribution < -0.4 is 0 Å². The van der Waals surface area contributed by atoms with Crippen LogP contribution in [-0.4, -0.2) is 28.2 Å². The number of carbonyl (C=O) groups is 1. The van der Waals surface area contributed by atoms with E-state index < -0.39 is 0 Å². The molecule has 0 aromatic heterocycles. The van der Waals surface area contributed by atoms with E-state index in [2.05, 4.69) is 19.9 Å². The Morgan fingerprint density at radius 1 is 1.11 bits per heavy atom. The van der Waals surface area contributed by atoms with Gasteiger partial charge in [0.2, 0.25) is 0 Å². The summed E-state index contributed by atoms with van der Waals surface area (Å²) in [6.07, 6.45) is 12.7. The summed E-state index contributed by atoms with van der Waals surface area (Å²) < 4.78 is 0. The standard InChI is InChI=1S/C24H34O3/c1-23-9-7-16(25)11-15(23)12-19(26)21-17(23)8-10-24(2)18(21)13-20(27)22(24)14-5-3-4-6-14/h5,12,16-18,20-22,25,27H,3-4,6-11,13H2,1-2H3/t16-,17?,18?,20+,21?,22-,23-,24-/m0/s1. The van der Waals surface area contributed by atoms with Crippen LogP contribution in [0.3, 0.4) is 0 Å². The number of rotatable bonds is 1. The largest absolute Gasteiger partial charge is 0.393 e. The first kappa shape index (κ1) is 18.1. The first-order chi connectivity index (χ1) is 12.8. The van der Waals surface area contributed by atoms with Crippen molar-refractivity contribution >= 4 is 5.78 Å². The van der Waals surface area contributed by atoms with Crippen LogP contribution in [0, 0.1) is 34.5 Å². The zero-order chi connectivity index (χ0) is 19.0. The Morgan fingerprint density at radius 2 is 1.93 bits per heavy atom. The zero-order valence-corrected chi connectivity index (χ0v) is 16.8. The van der Waals surface area contributed by atoms with Crippen LogP contribution in [0.4, 0.5) is 0 Å². The summed E-state index contributed by atoms with van der Waals surface area (Å²) in [5.74, 6) is 1.29. The van der Waals surface area contributed by atoms with Gasteiger partial charge in [-0.2, -0.15) is 0 Å². The molecule has 3 fully saturated rings. The molecule has 5 aliphatic rings. The van der Waals surface area contributed by atoms with E-state index in [-0.39, 0.29) is 40.7 Å². The molecular formula is C24H34O3. The molecule has 0 spiro atoms. The van der Waals surface area contributed by atoms with E-state index in [1.165, 1.54) is 17.6 Å². The lowest BCUT2D eigenvalue weighted by Gasteiger charge is -2.57. The zero-order valence-electron chi connectivity index (χ0n) is 16.8. The van der Waals surface area contributed by atoms with Gasteiger partial charge in [-0.05, 0) is 86.5 Å². The highest BCUT2D eigenvalue weighted by molar-refractivity contribution is 5.94. The third-order valence-electron chi connectivity index (χ3n) is 9.42. The van der Waals surface area contributed by atoms with Crippen LogP contribution in [0.25, 0.3) is 0 Å². The molecule has 3 heteroatoms. The Labute approximate surface area is 162 Å². The minimum Gasteiger partial charge on any atom is -0.393 e. The number of aliphatic hydroxyl groups excluding tert-OH is 2. The van der Waals surface area contributed by atoms with Crippen molar-refractivity contribution in [3.8, 4) is 0 Å². The summed E-state index contributed by atoms with van der Waals surface area (Å²) in [5.41, 5.74) is 2.79. The second-order valence-corrected chi connectivity index (χ2v) is 10.6. The molecule has 8 atom stereocenters. The van der Waals surface area contributed by atoms with Gasteiger partial charge in [-0.25, -0.2) is 0 Å². The second-order valence-electron chi connectivity index (χ2n) is 10.6. The molecule has 0 bridgehead atoms. The van der Waals surface area contributed by atoms with Crippen molar-refractivity contribution in [2.45, 2.75) is 83.8 Å². The summed E-state index contributed by atoms with van der Waals surface area (Å²) in [4.78, 5) is 13.3. The molecule has 3 unspecified atom stereocenters. The van der Waals surface area contributed by atoms with E-state index in [4.69, 9.17) is 0 Å². The third-order valence-corrected chi connectivity index (χ3v) is 9.42. The van der Waals surface area contributed by atoms with Crippen molar-refractivity contribution in [3.05, 3.63) is 23.3 Å². The fourth-order valence-corrected chi connectivity index (χ4v) is 8.05. The molecule has 5 rings (SSSR count). The van der Waals surface area contributed by atoms with Gasteiger partial charge in [0.05, 0.1) is 12.2 Å². The molecule has 0 heterocycles. The monoisotopic (exact) mass is 370 g/mol. The molecule has 3 nitrogen and oxygen atoms in total. The van der Waals surface area contributed by atoms with Gasteiger partial charge < -0.3 is 10.2 Å². The van der Waals surface area contributed by atoms with Gasteiger partial charge in [-0.15, -0.1) is 0 Å². The second kappa shape index (κ2) is 6.03. The Kier molecular flexibility index (Phi) is 4.05. The van der Waals surface area contributed by atoms with E-state index in [0.717, 1.165) is 44.9 Å². The van der Waals surface area contributed by atoms with E-state index in [1.807, 2.05) is 6.08 Å². The van der Waals surface area contributed by atoms with Crippen molar-refractivity contribution < 1.29 is 15.0 Å². The molecule has 0 amide bonds. The molecule has 5 aliphatic carbocycles. The van der Waals surface area contributed by atoms with Gasteiger partial charge in [0.25, 0.3) is 0 Å². The SMILES string of the molecule is C[C@]12CC[C@H](O)CC1=CC(=O)C1C2CC[C@@]2(C)C1C[C@@H](O)[C@@H]2C1=CCCC1. The van der Waals surface area contributed by atoms with Crippen molar-refractivity contribution in [3.63, 3.8) is 0 Å². The topological polar surface area (TPSA) is 57.5 Å². The first-order valence-corrected chi connectivity index (χ1v) is 11.1. The van der Waals surface area contributed by atoms with Crippen LogP contribution in [0.2, 0.25) is 0 Å². The van der Waals surface area contributed by atoms with Crippen molar-refractivity contribution in [1.82, 2.24) is 0 Å². The first-order valence-electron chi connectivity index (χ1n) is 11.1. The van der Waals surface area contributed by atoms with E-state index in [0.29, 0.717) is 18.3 Å². The van der Waals surface area contributed by atoms with Gasteiger partial charge in [-0.3, -0.25) is 4.79 Å². The molecule has 0 radical (unpaired) electrons. The molecule has 3 saturated carbocycles. The molecule has 2 N–H and O–H groups in total. The predicted octanol–water partition coefficient (Wildman–Crippen LogP) is 4.19.